The Hall–Kier alpha value is -3.09. The van der Waals surface area contributed by atoms with E-state index >= 15 is 0 Å². The van der Waals surface area contributed by atoms with Crippen molar-refractivity contribution in [2.24, 2.45) is 0 Å². The van der Waals surface area contributed by atoms with Gasteiger partial charge < -0.3 is 14.5 Å². The van der Waals surface area contributed by atoms with Crippen LogP contribution in [0.15, 0.2) is 80.4 Å². The van der Waals surface area contributed by atoms with Crippen LogP contribution in [0.25, 0.3) is 22.3 Å². The van der Waals surface area contributed by atoms with E-state index in [0.717, 1.165) is 10.0 Å². The summed E-state index contributed by atoms with van der Waals surface area (Å²) in [6.45, 7) is 1.52. The Bertz CT molecular complexity index is 1330. The number of amides is 1. The molecule has 0 spiro atoms. The highest BCUT2D eigenvalue weighted by Gasteiger charge is 2.20. The van der Waals surface area contributed by atoms with Crippen molar-refractivity contribution in [2.45, 2.75) is 6.92 Å². The van der Waals surface area contributed by atoms with Crippen LogP contribution in [0.5, 0.6) is 5.75 Å². The van der Waals surface area contributed by atoms with Crippen molar-refractivity contribution in [1.82, 2.24) is 0 Å². The molecule has 3 aromatic carbocycles. The average molecular weight is 499 g/mol. The summed E-state index contributed by atoms with van der Waals surface area (Å²) in [6, 6.07) is 19.4. The number of halogens is 2. The summed E-state index contributed by atoms with van der Waals surface area (Å²) >= 11 is 9.69. The van der Waals surface area contributed by atoms with Crippen molar-refractivity contribution in [3.63, 3.8) is 0 Å². The zero-order valence-electron chi connectivity index (χ0n) is 16.4. The Morgan fingerprint density at radius 1 is 1.10 bits per heavy atom. The van der Waals surface area contributed by atoms with Gasteiger partial charge in [0.05, 0.1) is 10.4 Å². The van der Waals surface area contributed by atoms with Gasteiger partial charge in [0.1, 0.15) is 5.58 Å². The average Bonchev–Trinajstić information content (AvgIpc) is 2.75. The quantitative estimate of drug-likeness (QED) is 0.356. The predicted molar refractivity (Wildman–Crippen MR) is 126 cm³/mol. The highest BCUT2D eigenvalue weighted by Crippen LogP contribution is 2.35. The van der Waals surface area contributed by atoms with Gasteiger partial charge in [-0.05, 0) is 55.5 Å². The summed E-state index contributed by atoms with van der Waals surface area (Å²) in [6.07, 6.45) is 0. The number of benzene rings is 3. The molecule has 156 valence electrons. The van der Waals surface area contributed by atoms with E-state index in [-0.39, 0.29) is 23.5 Å². The first-order valence-corrected chi connectivity index (χ1v) is 10.6. The molecule has 0 aliphatic heterocycles. The standard InChI is InChI=1S/C24H17BrClNO4/c1-14-6-11-20-18(12-14)22(29)24(23(31-20)17-4-2-3-5-19(17)26)30-13-21(28)27-16-9-7-15(25)8-10-16/h2-12H,13H2,1H3,(H,27,28). The van der Waals surface area contributed by atoms with Gasteiger partial charge in [0, 0.05) is 15.7 Å². The number of fused-ring (bicyclic) bond motifs is 1. The van der Waals surface area contributed by atoms with Crippen molar-refractivity contribution in [1.29, 1.82) is 0 Å². The first-order chi connectivity index (χ1) is 14.9. The highest BCUT2D eigenvalue weighted by molar-refractivity contribution is 9.10. The van der Waals surface area contributed by atoms with Crippen molar-refractivity contribution in [3.05, 3.63) is 92.0 Å². The molecule has 1 N–H and O–H groups in total. The van der Waals surface area contributed by atoms with Gasteiger partial charge in [-0.25, -0.2) is 0 Å². The summed E-state index contributed by atoms with van der Waals surface area (Å²) in [4.78, 5) is 25.6. The van der Waals surface area contributed by atoms with Gasteiger partial charge in [0.15, 0.2) is 12.4 Å². The van der Waals surface area contributed by atoms with Crippen molar-refractivity contribution in [3.8, 4) is 17.1 Å². The normalized spacial score (nSPS) is 10.8. The lowest BCUT2D eigenvalue weighted by Gasteiger charge is -2.13. The minimum Gasteiger partial charge on any atom is -0.476 e. The second-order valence-electron chi connectivity index (χ2n) is 6.91. The van der Waals surface area contributed by atoms with Crippen molar-refractivity contribution < 1.29 is 13.9 Å². The van der Waals surface area contributed by atoms with Crippen LogP contribution >= 0.6 is 27.5 Å². The van der Waals surface area contributed by atoms with E-state index in [4.69, 9.17) is 20.8 Å². The van der Waals surface area contributed by atoms with Gasteiger partial charge in [0.2, 0.25) is 11.2 Å². The Labute approximate surface area is 191 Å². The van der Waals surface area contributed by atoms with Crippen LogP contribution in [-0.4, -0.2) is 12.5 Å². The van der Waals surface area contributed by atoms with Crippen LogP contribution < -0.4 is 15.5 Å². The minimum atomic E-state index is -0.406. The third-order valence-corrected chi connectivity index (χ3v) is 5.46. The van der Waals surface area contributed by atoms with Crippen molar-refractivity contribution >= 4 is 50.1 Å². The zero-order chi connectivity index (χ0) is 22.0. The van der Waals surface area contributed by atoms with Crippen LogP contribution in [0.4, 0.5) is 5.69 Å². The number of aryl methyl sites for hydroxylation is 1. The lowest BCUT2D eigenvalue weighted by Crippen LogP contribution is -2.22. The number of nitrogens with one attached hydrogen (secondary N) is 1. The zero-order valence-corrected chi connectivity index (χ0v) is 18.8. The van der Waals surface area contributed by atoms with Gasteiger partial charge in [-0.15, -0.1) is 0 Å². The van der Waals surface area contributed by atoms with E-state index < -0.39 is 5.91 Å². The maximum absolute atomic E-state index is 13.2. The van der Waals surface area contributed by atoms with Crippen LogP contribution in [0.2, 0.25) is 5.02 Å². The molecule has 0 bridgehead atoms. The molecule has 4 aromatic rings. The molecule has 0 saturated heterocycles. The SMILES string of the molecule is Cc1ccc2oc(-c3ccccc3Cl)c(OCC(=O)Nc3ccc(Br)cc3)c(=O)c2c1. The van der Waals surface area contributed by atoms with Gasteiger partial charge in [-0.1, -0.05) is 51.3 Å². The second-order valence-corrected chi connectivity index (χ2v) is 8.24. The van der Waals surface area contributed by atoms with Crippen LogP contribution in [0.3, 0.4) is 0 Å². The fourth-order valence-corrected chi connectivity index (χ4v) is 3.60. The fraction of sp³-hybridized carbons (Fsp3) is 0.0833. The van der Waals surface area contributed by atoms with E-state index in [2.05, 4.69) is 21.2 Å². The van der Waals surface area contributed by atoms with E-state index in [1.54, 1.807) is 48.5 Å². The number of hydrogen-bond donors (Lipinski definition) is 1. The smallest absolute Gasteiger partial charge is 0.262 e. The molecule has 1 amide bonds. The Kier molecular flexibility index (Phi) is 6.11. The van der Waals surface area contributed by atoms with Crippen molar-refractivity contribution in [2.75, 3.05) is 11.9 Å². The van der Waals surface area contributed by atoms with E-state index in [1.165, 1.54) is 0 Å². The van der Waals surface area contributed by atoms with E-state index in [0.29, 0.717) is 27.2 Å². The fourth-order valence-electron chi connectivity index (χ4n) is 3.11. The summed E-state index contributed by atoms with van der Waals surface area (Å²) in [5.41, 5.74) is 2.08. The van der Waals surface area contributed by atoms with Gasteiger partial charge >= 0.3 is 0 Å². The third kappa shape index (κ3) is 4.65. The van der Waals surface area contributed by atoms with Gasteiger partial charge in [0.25, 0.3) is 5.91 Å². The maximum atomic E-state index is 13.2. The molecular formula is C24H17BrClNO4. The summed E-state index contributed by atoms with van der Waals surface area (Å²) in [5.74, 6) is -0.281. The molecule has 5 nitrogen and oxygen atoms in total. The number of carbonyl (C=O) groups excluding carboxylic acids is 1. The molecular weight excluding hydrogens is 482 g/mol. The van der Waals surface area contributed by atoms with Crippen LogP contribution in [-0.2, 0) is 4.79 Å². The number of rotatable bonds is 5. The molecule has 1 heterocycles. The van der Waals surface area contributed by atoms with Crippen LogP contribution in [0.1, 0.15) is 5.56 Å². The Morgan fingerprint density at radius 2 is 1.84 bits per heavy atom. The summed E-state index contributed by atoms with van der Waals surface area (Å²) < 4.78 is 12.6. The second kappa shape index (κ2) is 8.96. The number of hydrogen-bond acceptors (Lipinski definition) is 4. The lowest BCUT2D eigenvalue weighted by molar-refractivity contribution is -0.118. The number of anilines is 1. The molecule has 4 rings (SSSR count). The van der Waals surface area contributed by atoms with E-state index in [9.17, 15) is 9.59 Å². The monoisotopic (exact) mass is 497 g/mol. The third-order valence-electron chi connectivity index (χ3n) is 4.60. The topological polar surface area (TPSA) is 68.5 Å². The predicted octanol–water partition coefficient (Wildman–Crippen LogP) is 6.20. The molecule has 0 saturated carbocycles. The van der Waals surface area contributed by atoms with Crippen LogP contribution in [0, 0.1) is 6.92 Å². The molecule has 0 radical (unpaired) electrons. The Morgan fingerprint density at radius 3 is 2.58 bits per heavy atom. The summed E-state index contributed by atoms with van der Waals surface area (Å²) in [5, 5.41) is 3.51. The molecule has 1 aromatic heterocycles. The lowest BCUT2D eigenvalue weighted by atomic mass is 10.1. The van der Waals surface area contributed by atoms with Gasteiger partial charge in [-0.2, -0.15) is 0 Å². The minimum absolute atomic E-state index is 0.0582. The molecule has 0 aliphatic carbocycles. The first-order valence-electron chi connectivity index (χ1n) is 9.43. The van der Waals surface area contributed by atoms with E-state index in [1.807, 2.05) is 25.1 Å². The molecule has 0 fully saturated rings. The number of carbonyl (C=O) groups is 1. The molecule has 0 unspecified atom stereocenters. The summed E-state index contributed by atoms with van der Waals surface area (Å²) in [7, 11) is 0. The molecule has 31 heavy (non-hydrogen) atoms. The number of ether oxygens (including phenoxy) is 1. The molecule has 0 aliphatic rings. The highest BCUT2D eigenvalue weighted by atomic mass is 79.9. The Balaban J connectivity index is 1.71. The van der Waals surface area contributed by atoms with Gasteiger partial charge in [-0.3, -0.25) is 9.59 Å². The molecule has 7 heteroatoms. The first kappa shape index (κ1) is 21.2. The molecule has 0 atom stereocenters. The largest absolute Gasteiger partial charge is 0.476 e. The maximum Gasteiger partial charge on any atom is 0.262 e.